The second-order valence-corrected chi connectivity index (χ2v) is 12.3. The average molecular weight is 429 g/mol. The SMILES string of the molecule is C=CC(C/C=C/[B]c1coc2cc3c(cc12)C1(C)CCC3(C)CC1)C(C)(C)CCC(C)C. The fourth-order valence-corrected chi connectivity index (χ4v) is 6.09. The van der Waals surface area contributed by atoms with Crippen LogP contribution < -0.4 is 5.46 Å². The normalized spacial score (nSPS) is 26.1. The van der Waals surface area contributed by atoms with Crippen molar-refractivity contribution in [2.45, 2.75) is 97.3 Å². The third-order valence-electron chi connectivity index (χ3n) is 8.96. The Kier molecular flexibility index (Phi) is 6.29. The first-order chi connectivity index (χ1) is 15.1. The summed E-state index contributed by atoms with van der Waals surface area (Å²) in [4.78, 5) is 0. The lowest BCUT2D eigenvalue weighted by atomic mass is 9.52. The molecular weight excluding hydrogens is 387 g/mol. The second-order valence-electron chi connectivity index (χ2n) is 12.3. The Bertz CT molecular complexity index is 997. The molecule has 1 fully saturated rings. The van der Waals surface area contributed by atoms with E-state index in [2.05, 4.69) is 85.7 Å². The van der Waals surface area contributed by atoms with Gasteiger partial charge in [0.05, 0.1) is 6.26 Å². The number of allylic oxidation sites excluding steroid dienone is 2. The van der Waals surface area contributed by atoms with Crippen LogP contribution in [-0.2, 0) is 10.8 Å². The van der Waals surface area contributed by atoms with Gasteiger partial charge in [0.25, 0.3) is 0 Å². The molecular formula is C30H42BO. The lowest BCUT2D eigenvalue weighted by Gasteiger charge is -2.52. The monoisotopic (exact) mass is 429 g/mol. The van der Waals surface area contributed by atoms with Gasteiger partial charge in [-0.2, -0.15) is 0 Å². The van der Waals surface area contributed by atoms with Gasteiger partial charge in [-0.25, -0.2) is 0 Å². The number of hydrogen-bond donors (Lipinski definition) is 0. The first-order valence-corrected chi connectivity index (χ1v) is 12.8. The molecule has 171 valence electrons. The van der Waals surface area contributed by atoms with Crippen molar-refractivity contribution in [3.05, 3.63) is 54.2 Å². The Labute approximate surface area is 197 Å². The highest BCUT2D eigenvalue weighted by Gasteiger charge is 2.47. The van der Waals surface area contributed by atoms with Crippen molar-refractivity contribution < 1.29 is 4.42 Å². The molecule has 1 radical (unpaired) electrons. The molecule has 3 aliphatic carbocycles. The molecule has 1 saturated carbocycles. The lowest BCUT2D eigenvalue weighted by molar-refractivity contribution is 0.188. The number of benzene rings is 1. The molecule has 3 aliphatic rings. The third kappa shape index (κ3) is 4.27. The third-order valence-corrected chi connectivity index (χ3v) is 8.96. The van der Waals surface area contributed by atoms with Crippen LogP contribution in [0.1, 0.15) is 97.6 Å². The summed E-state index contributed by atoms with van der Waals surface area (Å²) in [7, 11) is 2.23. The van der Waals surface area contributed by atoms with Crippen molar-refractivity contribution in [3.63, 3.8) is 0 Å². The van der Waals surface area contributed by atoms with Crippen molar-refractivity contribution >= 4 is 23.7 Å². The van der Waals surface area contributed by atoms with Crippen molar-refractivity contribution in [2.24, 2.45) is 17.3 Å². The maximum absolute atomic E-state index is 6.03. The minimum absolute atomic E-state index is 0.280. The number of fused-ring (bicyclic) bond motifs is 3. The van der Waals surface area contributed by atoms with Gasteiger partial charge in [0, 0.05) is 5.39 Å². The summed E-state index contributed by atoms with van der Waals surface area (Å²) >= 11 is 0. The molecule has 2 aromatic rings. The predicted octanol–water partition coefficient (Wildman–Crippen LogP) is 8.03. The van der Waals surface area contributed by atoms with Gasteiger partial charge in [0.1, 0.15) is 5.58 Å². The molecule has 2 bridgehead atoms. The van der Waals surface area contributed by atoms with Gasteiger partial charge in [0.15, 0.2) is 7.28 Å². The van der Waals surface area contributed by atoms with Crippen molar-refractivity contribution in [1.29, 1.82) is 0 Å². The fourth-order valence-electron chi connectivity index (χ4n) is 6.09. The molecule has 32 heavy (non-hydrogen) atoms. The molecule has 0 spiro atoms. The summed E-state index contributed by atoms with van der Waals surface area (Å²) in [5.74, 6) is 3.47. The van der Waals surface area contributed by atoms with Crippen molar-refractivity contribution in [2.75, 3.05) is 0 Å². The average Bonchev–Trinajstić information content (AvgIpc) is 3.15. The molecule has 0 saturated heterocycles. The molecule has 0 aliphatic heterocycles. The lowest BCUT2D eigenvalue weighted by Crippen LogP contribution is -2.44. The molecule has 0 N–H and O–H groups in total. The van der Waals surface area contributed by atoms with Crippen LogP contribution in [0.15, 0.2) is 47.5 Å². The maximum Gasteiger partial charge on any atom is 0.186 e. The highest BCUT2D eigenvalue weighted by molar-refractivity contribution is 6.61. The van der Waals surface area contributed by atoms with E-state index in [1.54, 1.807) is 11.1 Å². The van der Waals surface area contributed by atoms with Gasteiger partial charge in [-0.3, -0.25) is 0 Å². The predicted molar refractivity (Wildman–Crippen MR) is 140 cm³/mol. The molecule has 1 heterocycles. The highest BCUT2D eigenvalue weighted by atomic mass is 16.3. The smallest absolute Gasteiger partial charge is 0.186 e. The van der Waals surface area contributed by atoms with E-state index >= 15 is 0 Å². The molecule has 1 atom stereocenters. The zero-order chi connectivity index (χ0) is 23.1. The van der Waals surface area contributed by atoms with E-state index in [4.69, 9.17) is 4.42 Å². The molecule has 1 unspecified atom stereocenters. The number of rotatable bonds is 9. The standard InChI is InChI=1S/C30H42BO/c1-8-22(28(4,5)12-11-21(2)3)10-9-17-31-26-20-32-27-19-25-24(18-23(26)27)29(6)13-15-30(25,7)16-14-29/h8-9,17-22H,1,10-16H2,2-7H3/b17-9+. The van der Waals surface area contributed by atoms with Gasteiger partial charge in [-0.1, -0.05) is 60.1 Å². The van der Waals surface area contributed by atoms with Gasteiger partial charge in [-0.15, -0.1) is 12.6 Å². The molecule has 5 rings (SSSR count). The zero-order valence-electron chi connectivity index (χ0n) is 21.3. The van der Waals surface area contributed by atoms with Crippen LogP contribution in [0.25, 0.3) is 11.0 Å². The van der Waals surface area contributed by atoms with E-state index in [-0.39, 0.29) is 5.41 Å². The maximum atomic E-state index is 6.03. The summed E-state index contributed by atoms with van der Waals surface area (Å²) in [5.41, 5.74) is 6.30. The first-order valence-electron chi connectivity index (χ1n) is 12.8. The van der Waals surface area contributed by atoms with Crippen LogP contribution in [0.5, 0.6) is 0 Å². The van der Waals surface area contributed by atoms with Crippen molar-refractivity contribution in [1.82, 2.24) is 0 Å². The molecule has 0 amide bonds. The van der Waals surface area contributed by atoms with E-state index in [1.165, 1.54) is 49.4 Å². The van der Waals surface area contributed by atoms with Crippen LogP contribution in [0.2, 0.25) is 0 Å². The Morgan fingerprint density at radius 1 is 1.09 bits per heavy atom. The number of hydrogen-bond acceptors (Lipinski definition) is 1. The quantitative estimate of drug-likeness (QED) is 0.290. The van der Waals surface area contributed by atoms with Gasteiger partial charge in [0.2, 0.25) is 0 Å². The van der Waals surface area contributed by atoms with E-state index in [1.807, 2.05) is 6.26 Å². The first kappa shape index (κ1) is 23.5. The van der Waals surface area contributed by atoms with Crippen LogP contribution in [-0.4, -0.2) is 7.28 Å². The second kappa shape index (κ2) is 8.58. The van der Waals surface area contributed by atoms with E-state index < -0.39 is 0 Å². The van der Waals surface area contributed by atoms with Gasteiger partial charge >= 0.3 is 0 Å². The molecule has 1 nitrogen and oxygen atoms in total. The van der Waals surface area contributed by atoms with Gasteiger partial charge < -0.3 is 4.42 Å². The largest absolute Gasteiger partial charge is 0.465 e. The van der Waals surface area contributed by atoms with Crippen molar-refractivity contribution in [3.8, 4) is 0 Å². The van der Waals surface area contributed by atoms with E-state index in [0.717, 1.165) is 17.9 Å². The van der Waals surface area contributed by atoms with E-state index in [0.29, 0.717) is 16.7 Å². The minimum Gasteiger partial charge on any atom is -0.465 e. The Hall–Kier alpha value is -1.70. The zero-order valence-corrected chi connectivity index (χ0v) is 21.3. The minimum atomic E-state index is 0.280. The number of furan rings is 1. The summed E-state index contributed by atoms with van der Waals surface area (Å²) < 4.78 is 6.03. The van der Waals surface area contributed by atoms with E-state index in [9.17, 15) is 0 Å². The Morgan fingerprint density at radius 3 is 2.31 bits per heavy atom. The fraction of sp³-hybridized carbons (Fsp3) is 0.600. The molecule has 2 heteroatoms. The van der Waals surface area contributed by atoms with Gasteiger partial charge in [-0.05, 0) is 95.3 Å². The Balaban J connectivity index is 1.49. The van der Waals surface area contributed by atoms with Crippen LogP contribution in [0.3, 0.4) is 0 Å². The Morgan fingerprint density at radius 2 is 1.72 bits per heavy atom. The van der Waals surface area contributed by atoms with Crippen LogP contribution in [0.4, 0.5) is 0 Å². The summed E-state index contributed by atoms with van der Waals surface area (Å²) in [6.45, 7) is 18.5. The summed E-state index contributed by atoms with van der Waals surface area (Å²) in [6, 6.07) is 4.80. The molecule has 1 aromatic carbocycles. The summed E-state index contributed by atoms with van der Waals surface area (Å²) in [5, 5.41) is 1.27. The van der Waals surface area contributed by atoms with Crippen LogP contribution in [0, 0.1) is 17.3 Å². The summed E-state index contributed by atoms with van der Waals surface area (Å²) in [6.07, 6.45) is 15.2. The molecule has 1 aromatic heterocycles. The topological polar surface area (TPSA) is 13.1 Å². The van der Waals surface area contributed by atoms with Crippen LogP contribution >= 0.6 is 0 Å². The highest BCUT2D eigenvalue weighted by Crippen LogP contribution is 2.56.